The number of anilines is 1. The van der Waals surface area contributed by atoms with Gasteiger partial charge in [-0.15, -0.1) is 0 Å². The van der Waals surface area contributed by atoms with Crippen molar-refractivity contribution in [2.24, 2.45) is 12.8 Å². The van der Waals surface area contributed by atoms with E-state index in [0.717, 1.165) is 37.4 Å². The average molecular weight is 286 g/mol. The lowest BCUT2D eigenvalue weighted by atomic mass is 10.1. The molecule has 21 heavy (non-hydrogen) atoms. The maximum atomic E-state index is 5.94. The number of piperidine rings is 1. The van der Waals surface area contributed by atoms with E-state index in [1.165, 1.54) is 5.69 Å². The van der Waals surface area contributed by atoms with E-state index in [2.05, 4.69) is 22.1 Å². The molecule has 1 aliphatic rings. The number of hydrogen-bond acceptors (Lipinski definition) is 4. The molecular formula is C16H22N4O. The Kier molecular flexibility index (Phi) is 4.10. The third kappa shape index (κ3) is 3.55. The van der Waals surface area contributed by atoms with Crippen LogP contribution in [0.2, 0.25) is 0 Å². The number of hydrogen-bond donors (Lipinski definition) is 1. The highest BCUT2D eigenvalue weighted by Gasteiger charge is 2.16. The third-order valence-corrected chi connectivity index (χ3v) is 3.90. The molecule has 0 radical (unpaired) electrons. The van der Waals surface area contributed by atoms with Gasteiger partial charge in [0.2, 0.25) is 0 Å². The first-order valence-electron chi connectivity index (χ1n) is 7.42. The Hall–Kier alpha value is -2.01. The van der Waals surface area contributed by atoms with Crippen LogP contribution in [-0.2, 0) is 13.7 Å². The molecule has 0 atom stereocenters. The van der Waals surface area contributed by atoms with E-state index >= 15 is 0 Å². The Balaban J connectivity index is 1.56. The molecule has 1 saturated heterocycles. The number of aromatic nitrogens is 2. The number of ether oxygens (including phenoxy) is 1. The van der Waals surface area contributed by atoms with Gasteiger partial charge in [0.25, 0.3) is 0 Å². The van der Waals surface area contributed by atoms with Gasteiger partial charge in [0, 0.05) is 38.1 Å². The topological polar surface area (TPSA) is 56.3 Å². The maximum Gasteiger partial charge on any atom is 0.132 e. The molecule has 0 amide bonds. The summed E-state index contributed by atoms with van der Waals surface area (Å²) in [6.07, 6.45) is 4.05. The predicted octanol–water partition coefficient (Wildman–Crippen LogP) is 1.93. The summed E-state index contributed by atoms with van der Waals surface area (Å²) in [4.78, 5) is 2.38. The molecule has 5 nitrogen and oxygen atoms in total. The van der Waals surface area contributed by atoms with E-state index < -0.39 is 0 Å². The fourth-order valence-corrected chi connectivity index (χ4v) is 2.61. The summed E-state index contributed by atoms with van der Waals surface area (Å²) in [6.45, 7) is 2.57. The number of rotatable bonds is 4. The quantitative estimate of drug-likeness (QED) is 0.933. The van der Waals surface area contributed by atoms with Crippen molar-refractivity contribution in [2.45, 2.75) is 25.5 Å². The van der Waals surface area contributed by atoms with Crippen molar-refractivity contribution in [1.82, 2.24) is 9.78 Å². The Morgan fingerprint density at radius 2 is 1.90 bits per heavy atom. The second-order valence-corrected chi connectivity index (χ2v) is 5.59. The summed E-state index contributed by atoms with van der Waals surface area (Å²) >= 11 is 0. The monoisotopic (exact) mass is 286 g/mol. The Bertz CT molecular complexity index is 570. The van der Waals surface area contributed by atoms with Gasteiger partial charge < -0.3 is 15.4 Å². The van der Waals surface area contributed by atoms with Gasteiger partial charge in [-0.25, -0.2) is 0 Å². The lowest BCUT2D eigenvalue weighted by molar-refractivity contribution is 0.300. The minimum absolute atomic E-state index is 0.363. The molecule has 1 aromatic heterocycles. The fourth-order valence-electron chi connectivity index (χ4n) is 2.61. The minimum atomic E-state index is 0.363. The number of nitrogens with two attached hydrogens (primary N) is 1. The minimum Gasteiger partial charge on any atom is -0.487 e. The number of benzene rings is 1. The Morgan fingerprint density at radius 3 is 2.52 bits per heavy atom. The van der Waals surface area contributed by atoms with Crippen molar-refractivity contribution >= 4 is 5.69 Å². The van der Waals surface area contributed by atoms with Gasteiger partial charge in [0.05, 0.1) is 5.69 Å². The summed E-state index contributed by atoms with van der Waals surface area (Å²) in [7, 11) is 1.91. The molecule has 0 saturated carbocycles. The van der Waals surface area contributed by atoms with Crippen LogP contribution in [0.3, 0.4) is 0 Å². The summed E-state index contributed by atoms with van der Waals surface area (Å²) in [5.74, 6) is 0.873. The van der Waals surface area contributed by atoms with Crippen LogP contribution in [0.4, 0.5) is 5.69 Å². The molecular weight excluding hydrogens is 264 g/mol. The fraction of sp³-hybridized carbons (Fsp3) is 0.438. The standard InChI is InChI=1S/C16H22N4O/c1-19-9-8-14(18-19)12-21-16-4-2-15(3-5-16)20-10-6-13(17)7-11-20/h2-5,8-9,13H,6-7,10-12,17H2,1H3. The highest BCUT2D eigenvalue weighted by molar-refractivity contribution is 5.49. The van der Waals surface area contributed by atoms with Crippen LogP contribution in [0.5, 0.6) is 5.75 Å². The molecule has 0 aliphatic carbocycles. The maximum absolute atomic E-state index is 5.94. The molecule has 0 bridgehead atoms. The lowest BCUT2D eigenvalue weighted by Gasteiger charge is -2.32. The molecule has 112 valence electrons. The molecule has 2 N–H and O–H groups in total. The van der Waals surface area contributed by atoms with E-state index in [1.54, 1.807) is 4.68 Å². The summed E-state index contributed by atoms with van der Waals surface area (Å²) in [5, 5.41) is 4.30. The molecule has 1 aromatic carbocycles. The van der Waals surface area contributed by atoms with Gasteiger partial charge >= 0.3 is 0 Å². The predicted molar refractivity (Wildman–Crippen MR) is 83.4 cm³/mol. The first-order chi connectivity index (χ1) is 10.2. The van der Waals surface area contributed by atoms with E-state index in [9.17, 15) is 0 Å². The van der Waals surface area contributed by atoms with Gasteiger partial charge in [-0.3, -0.25) is 4.68 Å². The molecule has 1 aliphatic heterocycles. The largest absolute Gasteiger partial charge is 0.487 e. The molecule has 2 heterocycles. The van der Waals surface area contributed by atoms with Crippen LogP contribution in [0.15, 0.2) is 36.5 Å². The molecule has 5 heteroatoms. The lowest BCUT2D eigenvalue weighted by Crippen LogP contribution is -2.39. The van der Waals surface area contributed by atoms with Crippen molar-refractivity contribution in [1.29, 1.82) is 0 Å². The zero-order valence-electron chi connectivity index (χ0n) is 12.4. The summed E-state index contributed by atoms with van der Waals surface area (Å²) in [5.41, 5.74) is 8.12. The first kappa shape index (κ1) is 13.9. The van der Waals surface area contributed by atoms with Crippen LogP contribution in [0.1, 0.15) is 18.5 Å². The van der Waals surface area contributed by atoms with Gasteiger partial charge in [-0.2, -0.15) is 5.10 Å². The molecule has 0 spiro atoms. The van der Waals surface area contributed by atoms with Crippen LogP contribution < -0.4 is 15.4 Å². The zero-order valence-corrected chi connectivity index (χ0v) is 12.4. The van der Waals surface area contributed by atoms with Gasteiger partial charge in [-0.1, -0.05) is 0 Å². The van der Waals surface area contributed by atoms with E-state index in [1.807, 2.05) is 31.4 Å². The van der Waals surface area contributed by atoms with Gasteiger partial charge in [0.15, 0.2) is 0 Å². The van der Waals surface area contributed by atoms with Crippen LogP contribution in [-0.4, -0.2) is 28.9 Å². The Labute approximate surface area is 125 Å². The van der Waals surface area contributed by atoms with Crippen molar-refractivity contribution in [3.8, 4) is 5.75 Å². The van der Waals surface area contributed by atoms with E-state index in [4.69, 9.17) is 10.5 Å². The zero-order chi connectivity index (χ0) is 14.7. The smallest absolute Gasteiger partial charge is 0.132 e. The van der Waals surface area contributed by atoms with Crippen LogP contribution >= 0.6 is 0 Å². The van der Waals surface area contributed by atoms with Crippen molar-refractivity contribution in [2.75, 3.05) is 18.0 Å². The highest BCUT2D eigenvalue weighted by Crippen LogP contribution is 2.23. The second kappa shape index (κ2) is 6.18. The van der Waals surface area contributed by atoms with Crippen molar-refractivity contribution < 1.29 is 4.74 Å². The second-order valence-electron chi connectivity index (χ2n) is 5.59. The van der Waals surface area contributed by atoms with Crippen LogP contribution in [0, 0.1) is 0 Å². The summed E-state index contributed by atoms with van der Waals surface area (Å²) < 4.78 is 7.53. The SMILES string of the molecule is Cn1ccc(COc2ccc(N3CCC(N)CC3)cc2)n1. The third-order valence-electron chi connectivity index (χ3n) is 3.90. The summed E-state index contributed by atoms with van der Waals surface area (Å²) in [6, 6.07) is 10.6. The first-order valence-corrected chi connectivity index (χ1v) is 7.42. The van der Waals surface area contributed by atoms with Gasteiger partial charge in [0.1, 0.15) is 12.4 Å². The average Bonchev–Trinajstić information content (AvgIpc) is 2.92. The number of nitrogens with zero attached hydrogens (tertiary/aromatic N) is 3. The van der Waals surface area contributed by atoms with Crippen molar-refractivity contribution in [3.05, 3.63) is 42.2 Å². The molecule has 0 unspecified atom stereocenters. The normalized spacial score (nSPS) is 16.2. The number of aryl methyl sites for hydroxylation is 1. The van der Waals surface area contributed by atoms with E-state index in [-0.39, 0.29) is 0 Å². The van der Waals surface area contributed by atoms with E-state index in [0.29, 0.717) is 12.6 Å². The molecule has 3 rings (SSSR count). The highest BCUT2D eigenvalue weighted by atomic mass is 16.5. The Morgan fingerprint density at radius 1 is 1.19 bits per heavy atom. The van der Waals surface area contributed by atoms with Gasteiger partial charge in [-0.05, 0) is 43.2 Å². The van der Waals surface area contributed by atoms with Crippen molar-refractivity contribution in [3.63, 3.8) is 0 Å². The molecule has 1 fully saturated rings. The van der Waals surface area contributed by atoms with Crippen LogP contribution in [0.25, 0.3) is 0 Å². The molecule has 2 aromatic rings.